The van der Waals surface area contributed by atoms with E-state index in [4.69, 9.17) is 0 Å². The van der Waals surface area contributed by atoms with Gasteiger partial charge < -0.3 is 4.90 Å². The van der Waals surface area contributed by atoms with Gasteiger partial charge in [0, 0.05) is 18.3 Å². The molecule has 2 fully saturated rings. The number of piperidine rings is 1. The van der Waals surface area contributed by atoms with Crippen LogP contribution in [0, 0.1) is 6.92 Å². The van der Waals surface area contributed by atoms with Crippen LogP contribution >= 0.6 is 0 Å². The molecule has 2 aliphatic heterocycles. The molecule has 0 bridgehead atoms. The zero-order valence-corrected chi connectivity index (χ0v) is 13.3. The zero-order valence-electron chi connectivity index (χ0n) is 13.3. The number of hydrogen-bond donors (Lipinski definition) is 1. The monoisotopic (exact) mass is 290 g/mol. The average Bonchev–Trinajstić information content (AvgIpc) is 3.05. The topological polar surface area (TPSA) is 52.2 Å². The molecule has 1 N–H and O–H groups in total. The fourth-order valence-corrected chi connectivity index (χ4v) is 3.83. The summed E-state index contributed by atoms with van der Waals surface area (Å²) in [6, 6.07) is 0.451. The fraction of sp³-hybridized carbons (Fsp3) is 0.750. The first-order valence-corrected chi connectivity index (χ1v) is 8.12. The molecule has 3 heterocycles. The van der Waals surface area contributed by atoms with Crippen LogP contribution in [0.5, 0.6) is 0 Å². The van der Waals surface area contributed by atoms with Crippen LogP contribution in [0.3, 0.4) is 0 Å². The third kappa shape index (κ3) is 2.71. The lowest BCUT2D eigenvalue weighted by Gasteiger charge is -2.35. The van der Waals surface area contributed by atoms with Gasteiger partial charge in [-0.25, -0.2) is 0 Å². The molecule has 1 atom stereocenters. The second-order valence-electron chi connectivity index (χ2n) is 6.69. The van der Waals surface area contributed by atoms with Gasteiger partial charge in [0.05, 0.1) is 12.2 Å². The molecule has 1 aromatic rings. The molecule has 0 spiro atoms. The van der Waals surface area contributed by atoms with E-state index >= 15 is 0 Å². The van der Waals surface area contributed by atoms with Crippen molar-refractivity contribution in [3.05, 3.63) is 17.5 Å². The summed E-state index contributed by atoms with van der Waals surface area (Å²) in [4.78, 5) is 16.9. The number of hydrogen-bond acceptors (Lipinski definition) is 3. The number of aromatic nitrogens is 2. The van der Waals surface area contributed by atoms with Crippen LogP contribution in [0.25, 0.3) is 0 Å². The summed E-state index contributed by atoms with van der Waals surface area (Å²) in [7, 11) is 0. The highest BCUT2D eigenvalue weighted by Crippen LogP contribution is 2.31. The Kier molecular flexibility index (Phi) is 4.02. The van der Waals surface area contributed by atoms with Crippen LogP contribution in [0.4, 0.5) is 0 Å². The van der Waals surface area contributed by atoms with Crippen LogP contribution in [0.1, 0.15) is 50.3 Å². The highest BCUT2D eigenvalue weighted by molar-refractivity contribution is 5.84. The van der Waals surface area contributed by atoms with E-state index in [0.29, 0.717) is 17.9 Å². The van der Waals surface area contributed by atoms with Crippen molar-refractivity contribution in [2.75, 3.05) is 19.6 Å². The number of aromatic amines is 1. The Morgan fingerprint density at radius 3 is 2.48 bits per heavy atom. The molecule has 0 aromatic carbocycles. The standard InChI is InChI=1S/C16H26N4O/c1-11(2)20-9-6-15(16(20)21)19-7-4-13(5-8-19)14-10-17-18-12(14)3/h10-11,13,15H,4-9H2,1-3H3,(H,17,18). The first-order valence-electron chi connectivity index (χ1n) is 8.12. The smallest absolute Gasteiger partial charge is 0.240 e. The van der Waals surface area contributed by atoms with Crippen molar-refractivity contribution in [2.24, 2.45) is 0 Å². The minimum absolute atomic E-state index is 0.124. The number of carbonyl (C=O) groups excluding carboxylic acids is 1. The number of nitrogens with zero attached hydrogens (tertiary/aromatic N) is 3. The summed E-state index contributed by atoms with van der Waals surface area (Å²) in [6.45, 7) is 9.27. The Bertz CT molecular complexity index is 502. The molecule has 0 saturated carbocycles. The van der Waals surface area contributed by atoms with E-state index in [1.165, 1.54) is 11.3 Å². The maximum absolute atomic E-state index is 12.5. The molecule has 0 aliphatic carbocycles. The number of carbonyl (C=O) groups is 1. The summed E-state index contributed by atoms with van der Waals surface area (Å²) >= 11 is 0. The molecule has 1 aromatic heterocycles. The summed E-state index contributed by atoms with van der Waals surface area (Å²) in [5.41, 5.74) is 2.55. The van der Waals surface area contributed by atoms with Gasteiger partial charge in [0.25, 0.3) is 0 Å². The quantitative estimate of drug-likeness (QED) is 0.925. The Balaban J connectivity index is 1.59. The Labute approximate surface area is 126 Å². The summed E-state index contributed by atoms with van der Waals surface area (Å²) in [5, 5.41) is 7.17. The number of aryl methyl sites for hydroxylation is 1. The van der Waals surface area contributed by atoms with Crippen molar-refractivity contribution in [1.82, 2.24) is 20.0 Å². The van der Waals surface area contributed by atoms with Crippen LogP contribution in [0.15, 0.2) is 6.20 Å². The molecule has 2 saturated heterocycles. The van der Waals surface area contributed by atoms with Gasteiger partial charge in [-0.3, -0.25) is 14.8 Å². The number of likely N-dealkylation sites (tertiary alicyclic amines) is 2. The molecule has 116 valence electrons. The largest absolute Gasteiger partial charge is 0.339 e. The van der Waals surface area contributed by atoms with Crippen LogP contribution in [-0.2, 0) is 4.79 Å². The lowest BCUT2D eigenvalue weighted by Crippen LogP contribution is -2.46. The van der Waals surface area contributed by atoms with Crippen LogP contribution in [-0.4, -0.2) is 57.6 Å². The van der Waals surface area contributed by atoms with Gasteiger partial charge >= 0.3 is 0 Å². The summed E-state index contributed by atoms with van der Waals surface area (Å²) < 4.78 is 0. The van der Waals surface area contributed by atoms with E-state index in [9.17, 15) is 4.79 Å². The Morgan fingerprint density at radius 2 is 1.95 bits per heavy atom. The lowest BCUT2D eigenvalue weighted by atomic mass is 9.89. The highest BCUT2D eigenvalue weighted by Gasteiger charge is 2.38. The van der Waals surface area contributed by atoms with E-state index < -0.39 is 0 Å². The third-order valence-corrected chi connectivity index (χ3v) is 5.11. The molecule has 2 aliphatic rings. The molecular formula is C16H26N4O. The molecule has 0 radical (unpaired) electrons. The van der Waals surface area contributed by atoms with Crippen molar-refractivity contribution in [2.45, 2.75) is 58.0 Å². The molecular weight excluding hydrogens is 264 g/mol. The van der Waals surface area contributed by atoms with Gasteiger partial charge in [-0.05, 0) is 64.6 Å². The van der Waals surface area contributed by atoms with Gasteiger partial charge in [0.1, 0.15) is 0 Å². The third-order valence-electron chi connectivity index (χ3n) is 5.11. The second-order valence-corrected chi connectivity index (χ2v) is 6.69. The predicted molar refractivity (Wildman–Crippen MR) is 82.1 cm³/mol. The normalized spacial score (nSPS) is 25.2. The first kappa shape index (κ1) is 14.6. The van der Waals surface area contributed by atoms with Gasteiger partial charge in [0.15, 0.2) is 0 Å². The maximum Gasteiger partial charge on any atom is 0.240 e. The van der Waals surface area contributed by atoms with E-state index in [1.54, 1.807) is 0 Å². The van der Waals surface area contributed by atoms with E-state index in [0.717, 1.165) is 38.9 Å². The molecule has 3 rings (SSSR count). The maximum atomic E-state index is 12.5. The Morgan fingerprint density at radius 1 is 1.24 bits per heavy atom. The number of nitrogens with one attached hydrogen (secondary N) is 1. The van der Waals surface area contributed by atoms with Crippen LogP contribution < -0.4 is 0 Å². The fourth-order valence-electron chi connectivity index (χ4n) is 3.83. The number of H-pyrrole nitrogens is 1. The van der Waals surface area contributed by atoms with Crippen molar-refractivity contribution in [1.29, 1.82) is 0 Å². The van der Waals surface area contributed by atoms with E-state index in [1.807, 2.05) is 11.1 Å². The van der Waals surface area contributed by atoms with E-state index in [-0.39, 0.29) is 6.04 Å². The zero-order chi connectivity index (χ0) is 15.0. The molecule has 5 nitrogen and oxygen atoms in total. The SMILES string of the molecule is Cc1[nH]ncc1C1CCN(C2CCN(C(C)C)C2=O)CC1. The highest BCUT2D eigenvalue weighted by atomic mass is 16.2. The lowest BCUT2D eigenvalue weighted by molar-refractivity contribution is -0.133. The van der Waals surface area contributed by atoms with Gasteiger partial charge in [-0.1, -0.05) is 0 Å². The number of rotatable bonds is 3. The van der Waals surface area contributed by atoms with Crippen molar-refractivity contribution in [3.63, 3.8) is 0 Å². The Hall–Kier alpha value is -1.36. The van der Waals surface area contributed by atoms with E-state index in [2.05, 4.69) is 35.9 Å². The summed E-state index contributed by atoms with van der Waals surface area (Å²) in [5.74, 6) is 0.931. The molecule has 21 heavy (non-hydrogen) atoms. The minimum Gasteiger partial charge on any atom is -0.339 e. The van der Waals surface area contributed by atoms with Gasteiger partial charge in [-0.15, -0.1) is 0 Å². The molecule has 5 heteroatoms. The van der Waals surface area contributed by atoms with Crippen molar-refractivity contribution in [3.8, 4) is 0 Å². The van der Waals surface area contributed by atoms with Crippen molar-refractivity contribution < 1.29 is 4.79 Å². The molecule has 1 amide bonds. The molecule has 1 unspecified atom stereocenters. The second kappa shape index (κ2) is 5.79. The number of amides is 1. The van der Waals surface area contributed by atoms with Gasteiger partial charge in [0.2, 0.25) is 5.91 Å². The first-order chi connectivity index (χ1) is 10.1. The predicted octanol–water partition coefficient (Wildman–Crippen LogP) is 1.91. The minimum atomic E-state index is 0.124. The van der Waals surface area contributed by atoms with Crippen LogP contribution in [0.2, 0.25) is 0 Å². The van der Waals surface area contributed by atoms with Gasteiger partial charge in [-0.2, -0.15) is 5.10 Å². The summed E-state index contributed by atoms with van der Waals surface area (Å²) in [6.07, 6.45) is 5.22. The van der Waals surface area contributed by atoms with Crippen molar-refractivity contribution >= 4 is 5.91 Å². The average molecular weight is 290 g/mol.